The summed E-state index contributed by atoms with van der Waals surface area (Å²) in [5.41, 5.74) is 2.01. The zero-order valence-electron chi connectivity index (χ0n) is 14.1. The first-order chi connectivity index (χ1) is 9.19. The highest BCUT2D eigenvalue weighted by Crippen LogP contribution is 2.42. The molecule has 1 rings (SSSR count). The van der Waals surface area contributed by atoms with Crippen molar-refractivity contribution in [2.24, 2.45) is 0 Å². The lowest BCUT2D eigenvalue weighted by molar-refractivity contribution is 0.322. The summed E-state index contributed by atoms with van der Waals surface area (Å²) in [5.74, 6) is 1.30. The molecular formula is C18H30O2. The van der Waals surface area contributed by atoms with Crippen molar-refractivity contribution in [2.45, 2.75) is 72.1 Å². The molecule has 0 unspecified atom stereocenters. The molecule has 0 heterocycles. The highest BCUT2D eigenvalue weighted by molar-refractivity contribution is 5.51. The second-order valence-corrected chi connectivity index (χ2v) is 6.77. The lowest BCUT2D eigenvalue weighted by Crippen LogP contribution is -2.20. The molecule has 0 aliphatic carbocycles. The van der Waals surface area contributed by atoms with Crippen LogP contribution in [-0.4, -0.2) is 11.7 Å². The van der Waals surface area contributed by atoms with E-state index < -0.39 is 0 Å². The van der Waals surface area contributed by atoms with Crippen LogP contribution in [0.25, 0.3) is 0 Å². The van der Waals surface area contributed by atoms with Gasteiger partial charge in [0.05, 0.1) is 6.61 Å². The number of rotatable bonds is 6. The van der Waals surface area contributed by atoms with E-state index >= 15 is 0 Å². The van der Waals surface area contributed by atoms with E-state index in [4.69, 9.17) is 4.74 Å². The predicted octanol–water partition coefficient (Wildman–Crippen LogP) is 5.17. The van der Waals surface area contributed by atoms with Crippen molar-refractivity contribution < 1.29 is 9.84 Å². The molecule has 0 spiro atoms. The van der Waals surface area contributed by atoms with Gasteiger partial charge in [-0.15, -0.1) is 0 Å². The van der Waals surface area contributed by atoms with E-state index in [-0.39, 0.29) is 10.8 Å². The Morgan fingerprint density at radius 3 is 1.85 bits per heavy atom. The number of benzene rings is 1. The van der Waals surface area contributed by atoms with Crippen molar-refractivity contribution in [2.75, 3.05) is 6.61 Å². The molecule has 0 bridgehead atoms. The number of aromatic hydroxyl groups is 1. The molecular weight excluding hydrogens is 248 g/mol. The summed E-state index contributed by atoms with van der Waals surface area (Å²) in [6.45, 7) is 15.6. The van der Waals surface area contributed by atoms with Crippen LogP contribution in [0.3, 0.4) is 0 Å². The summed E-state index contributed by atoms with van der Waals surface area (Å²) in [6.07, 6.45) is 1.98. The second kappa shape index (κ2) is 6.07. The fourth-order valence-corrected chi connectivity index (χ4v) is 2.30. The van der Waals surface area contributed by atoms with Gasteiger partial charge in [0.15, 0.2) is 0 Å². The molecule has 0 aliphatic heterocycles. The van der Waals surface area contributed by atoms with Gasteiger partial charge >= 0.3 is 0 Å². The van der Waals surface area contributed by atoms with Crippen LogP contribution in [0.5, 0.6) is 11.5 Å². The zero-order chi connectivity index (χ0) is 15.6. The quantitative estimate of drug-likeness (QED) is 0.778. The summed E-state index contributed by atoms with van der Waals surface area (Å²) in [6, 6.07) is 3.94. The molecule has 114 valence electrons. The van der Waals surface area contributed by atoms with Crippen molar-refractivity contribution in [3.63, 3.8) is 0 Å². The maximum atomic E-state index is 10.5. The standard InChI is InChI=1S/C18H30O2/c1-8-17(4,5)13-12-16(20-10-3)14(11-15(13)19)18(6,7)9-2/h11-12,19H,8-10H2,1-7H3. The highest BCUT2D eigenvalue weighted by Gasteiger charge is 2.28. The molecule has 1 aromatic carbocycles. The van der Waals surface area contributed by atoms with Gasteiger partial charge in [-0.2, -0.15) is 0 Å². The Labute approximate surface area is 124 Å². The normalized spacial score (nSPS) is 12.6. The van der Waals surface area contributed by atoms with Gasteiger partial charge in [-0.1, -0.05) is 41.5 Å². The fraction of sp³-hybridized carbons (Fsp3) is 0.667. The monoisotopic (exact) mass is 278 g/mol. The minimum absolute atomic E-state index is 0.00310. The molecule has 2 nitrogen and oxygen atoms in total. The summed E-state index contributed by atoms with van der Waals surface area (Å²) in [7, 11) is 0. The number of ether oxygens (including phenoxy) is 1. The Balaban J connectivity index is 3.47. The van der Waals surface area contributed by atoms with E-state index in [0.29, 0.717) is 12.4 Å². The van der Waals surface area contributed by atoms with Gasteiger partial charge in [-0.05, 0) is 42.7 Å². The number of phenols is 1. The highest BCUT2D eigenvalue weighted by atomic mass is 16.5. The molecule has 1 N–H and O–H groups in total. The lowest BCUT2D eigenvalue weighted by atomic mass is 9.77. The second-order valence-electron chi connectivity index (χ2n) is 6.77. The summed E-state index contributed by atoms with van der Waals surface area (Å²) in [4.78, 5) is 0. The summed E-state index contributed by atoms with van der Waals surface area (Å²) < 4.78 is 5.85. The van der Waals surface area contributed by atoms with E-state index in [1.165, 1.54) is 0 Å². The topological polar surface area (TPSA) is 29.5 Å². The third-order valence-corrected chi connectivity index (χ3v) is 4.62. The van der Waals surface area contributed by atoms with Crippen LogP contribution in [0, 0.1) is 0 Å². The Morgan fingerprint density at radius 2 is 1.40 bits per heavy atom. The Hall–Kier alpha value is -1.18. The zero-order valence-corrected chi connectivity index (χ0v) is 14.1. The SMILES string of the molecule is CCOc1cc(C(C)(C)CC)c(O)cc1C(C)(C)CC. The molecule has 20 heavy (non-hydrogen) atoms. The largest absolute Gasteiger partial charge is 0.508 e. The molecule has 0 saturated carbocycles. The van der Waals surface area contributed by atoms with E-state index in [1.54, 1.807) is 0 Å². The first kappa shape index (κ1) is 16.9. The third-order valence-electron chi connectivity index (χ3n) is 4.62. The van der Waals surface area contributed by atoms with Gasteiger partial charge in [0.1, 0.15) is 11.5 Å². The van der Waals surface area contributed by atoms with Gasteiger partial charge in [0.25, 0.3) is 0 Å². The Bertz CT molecular complexity index is 459. The number of phenolic OH excluding ortho intramolecular Hbond substituents is 1. The number of hydrogen-bond donors (Lipinski definition) is 1. The van der Waals surface area contributed by atoms with Gasteiger partial charge in [-0.25, -0.2) is 0 Å². The van der Waals surface area contributed by atoms with Crippen molar-refractivity contribution in [3.8, 4) is 11.5 Å². The smallest absolute Gasteiger partial charge is 0.123 e. The van der Waals surface area contributed by atoms with Crippen molar-refractivity contribution in [1.82, 2.24) is 0 Å². The Morgan fingerprint density at radius 1 is 0.900 bits per heavy atom. The molecule has 1 aromatic rings. The van der Waals surface area contributed by atoms with Crippen LogP contribution >= 0.6 is 0 Å². The van der Waals surface area contributed by atoms with E-state index in [2.05, 4.69) is 41.5 Å². The molecule has 0 fully saturated rings. The Kier molecular flexibility index (Phi) is 5.12. The lowest BCUT2D eigenvalue weighted by Gasteiger charge is -2.30. The molecule has 0 aliphatic rings. The maximum absolute atomic E-state index is 10.5. The van der Waals surface area contributed by atoms with Crippen LogP contribution < -0.4 is 4.74 Å². The van der Waals surface area contributed by atoms with Crippen LogP contribution in [0.1, 0.15) is 72.4 Å². The fourth-order valence-electron chi connectivity index (χ4n) is 2.30. The summed E-state index contributed by atoms with van der Waals surface area (Å²) >= 11 is 0. The third kappa shape index (κ3) is 3.28. The predicted molar refractivity (Wildman–Crippen MR) is 85.9 cm³/mol. The van der Waals surface area contributed by atoms with Crippen molar-refractivity contribution >= 4 is 0 Å². The van der Waals surface area contributed by atoms with Crippen molar-refractivity contribution in [1.29, 1.82) is 0 Å². The molecule has 0 saturated heterocycles. The molecule has 0 aromatic heterocycles. The average Bonchev–Trinajstić information content (AvgIpc) is 2.40. The molecule has 0 amide bonds. The van der Waals surface area contributed by atoms with Gasteiger partial charge < -0.3 is 9.84 Å². The maximum Gasteiger partial charge on any atom is 0.123 e. The van der Waals surface area contributed by atoms with Crippen LogP contribution in [0.2, 0.25) is 0 Å². The van der Waals surface area contributed by atoms with Crippen LogP contribution in [-0.2, 0) is 10.8 Å². The first-order valence-electron chi connectivity index (χ1n) is 7.70. The van der Waals surface area contributed by atoms with E-state index in [0.717, 1.165) is 29.7 Å². The molecule has 0 radical (unpaired) electrons. The molecule has 2 heteroatoms. The first-order valence-corrected chi connectivity index (χ1v) is 7.70. The van der Waals surface area contributed by atoms with Crippen LogP contribution in [0.15, 0.2) is 12.1 Å². The van der Waals surface area contributed by atoms with Gasteiger partial charge in [-0.3, -0.25) is 0 Å². The van der Waals surface area contributed by atoms with E-state index in [1.807, 2.05) is 19.1 Å². The van der Waals surface area contributed by atoms with E-state index in [9.17, 15) is 5.11 Å². The van der Waals surface area contributed by atoms with Gasteiger partial charge in [0, 0.05) is 11.1 Å². The van der Waals surface area contributed by atoms with Crippen LogP contribution in [0.4, 0.5) is 0 Å². The average molecular weight is 278 g/mol. The molecule has 0 atom stereocenters. The minimum Gasteiger partial charge on any atom is -0.508 e. The minimum atomic E-state index is -0.0508. The summed E-state index contributed by atoms with van der Waals surface area (Å²) in [5, 5.41) is 10.5. The number of hydrogen-bond acceptors (Lipinski definition) is 2. The van der Waals surface area contributed by atoms with Crippen molar-refractivity contribution in [3.05, 3.63) is 23.3 Å². The van der Waals surface area contributed by atoms with Gasteiger partial charge in [0.2, 0.25) is 0 Å².